The van der Waals surface area contributed by atoms with E-state index in [-0.39, 0.29) is 0 Å². The van der Waals surface area contributed by atoms with Crippen LogP contribution in [0.3, 0.4) is 0 Å². The quantitative estimate of drug-likeness (QED) is 0.883. The molecule has 3 rings (SSSR count). The van der Waals surface area contributed by atoms with Crippen molar-refractivity contribution in [3.8, 4) is 10.7 Å². The molecule has 0 radical (unpaired) electrons. The molecule has 4 nitrogen and oxygen atoms in total. The van der Waals surface area contributed by atoms with Crippen molar-refractivity contribution in [3.05, 3.63) is 28.7 Å². The molecular weight excluding hydrogens is 232 g/mol. The van der Waals surface area contributed by atoms with Crippen molar-refractivity contribution in [2.75, 3.05) is 0 Å². The Morgan fingerprint density at radius 2 is 2.18 bits per heavy atom. The zero-order valence-electron chi connectivity index (χ0n) is 9.90. The highest BCUT2D eigenvalue weighted by molar-refractivity contribution is 7.13. The third-order valence-corrected chi connectivity index (χ3v) is 3.69. The summed E-state index contributed by atoms with van der Waals surface area (Å²) in [7, 11) is 0. The van der Waals surface area contributed by atoms with Crippen LogP contribution in [0.5, 0.6) is 0 Å². The van der Waals surface area contributed by atoms with E-state index in [9.17, 15) is 0 Å². The van der Waals surface area contributed by atoms with Gasteiger partial charge in [-0.2, -0.15) is 0 Å². The minimum Gasteiger partial charge on any atom is -0.307 e. The van der Waals surface area contributed by atoms with Crippen molar-refractivity contribution in [2.24, 2.45) is 0 Å². The molecule has 0 bridgehead atoms. The monoisotopic (exact) mass is 246 g/mol. The summed E-state index contributed by atoms with van der Waals surface area (Å²) in [4.78, 5) is 14.5. The van der Waals surface area contributed by atoms with Crippen LogP contribution in [0.25, 0.3) is 10.7 Å². The molecule has 0 unspecified atom stereocenters. The molecule has 1 N–H and O–H groups in total. The lowest BCUT2D eigenvalue weighted by Crippen LogP contribution is -2.04. The van der Waals surface area contributed by atoms with Gasteiger partial charge < -0.3 is 5.32 Å². The zero-order valence-corrected chi connectivity index (χ0v) is 10.7. The molecule has 2 aromatic heterocycles. The number of thiazole rings is 1. The number of nitrogens with zero attached hydrogens (tertiary/aromatic N) is 3. The van der Waals surface area contributed by atoms with Crippen LogP contribution < -0.4 is 5.32 Å². The first-order chi connectivity index (χ1) is 8.25. The van der Waals surface area contributed by atoms with Crippen LogP contribution in [0, 0.1) is 0 Å². The molecule has 0 spiro atoms. The van der Waals surface area contributed by atoms with Gasteiger partial charge >= 0.3 is 0 Å². The van der Waals surface area contributed by atoms with Crippen molar-refractivity contribution in [3.63, 3.8) is 0 Å². The number of rotatable bonds is 2. The number of aromatic nitrogens is 3. The van der Waals surface area contributed by atoms with Crippen molar-refractivity contribution in [2.45, 2.75) is 32.9 Å². The molecule has 1 aliphatic heterocycles. The Labute approximate surface area is 104 Å². The Bertz CT molecular complexity index is 534. The van der Waals surface area contributed by atoms with Crippen LogP contribution >= 0.6 is 11.3 Å². The van der Waals surface area contributed by atoms with Crippen LogP contribution in [0.4, 0.5) is 0 Å². The Hall–Kier alpha value is -1.33. The number of fused-ring (bicyclic) bond motifs is 1. The van der Waals surface area contributed by atoms with Crippen molar-refractivity contribution >= 4 is 11.3 Å². The smallest absolute Gasteiger partial charge is 0.171 e. The van der Waals surface area contributed by atoms with E-state index in [4.69, 9.17) is 4.98 Å². The SMILES string of the molecule is CC(C)c1nc(-c2cncs2)nc2c1CNC2. The van der Waals surface area contributed by atoms with Gasteiger partial charge in [-0.25, -0.2) is 9.97 Å². The molecule has 0 aromatic carbocycles. The maximum absolute atomic E-state index is 4.71. The molecule has 0 fully saturated rings. The molecule has 1 aliphatic rings. The summed E-state index contributed by atoms with van der Waals surface area (Å²) in [6.07, 6.45) is 1.83. The van der Waals surface area contributed by atoms with E-state index < -0.39 is 0 Å². The van der Waals surface area contributed by atoms with Crippen molar-refractivity contribution < 1.29 is 0 Å². The summed E-state index contributed by atoms with van der Waals surface area (Å²) in [5.74, 6) is 1.25. The van der Waals surface area contributed by atoms with Crippen LogP contribution in [0.15, 0.2) is 11.7 Å². The van der Waals surface area contributed by atoms with E-state index >= 15 is 0 Å². The van der Waals surface area contributed by atoms with Gasteiger partial charge in [-0.15, -0.1) is 11.3 Å². The highest BCUT2D eigenvalue weighted by atomic mass is 32.1. The molecular formula is C12H14N4S. The van der Waals surface area contributed by atoms with Gasteiger partial charge in [0.2, 0.25) is 0 Å². The molecule has 5 heteroatoms. The lowest BCUT2D eigenvalue weighted by atomic mass is 10.0. The Morgan fingerprint density at radius 1 is 1.29 bits per heavy atom. The molecule has 2 aromatic rings. The van der Waals surface area contributed by atoms with Crippen molar-refractivity contribution in [1.29, 1.82) is 0 Å². The number of hydrogen-bond donors (Lipinski definition) is 1. The Morgan fingerprint density at radius 3 is 2.88 bits per heavy atom. The summed E-state index contributed by atoms with van der Waals surface area (Å²) >= 11 is 1.59. The Balaban J connectivity index is 2.16. The van der Waals surface area contributed by atoms with Gasteiger partial charge in [-0.3, -0.25) is 4.98 Å². The van der Waals surface area contributed by atoms with E-state index in [0.29, 0.717) is 5.92 Å². The Kier molecular flexibility index (Phi) is 2.64. The lowest BCUT2D eigenvalue weighted by molar-refractivity contribution is 0.746. The van der Waals surface area contributed by atoms with Crippen LogP contribution in [0.1, 0.15) is 36.7 Å². The van der Waals surface area contributed by atoms with Crippen LogP contribution in [-0.2, 0) is 13.1 Å². The molecule has 17 heavy (non-hydrogen) atoms. The highest BCUT2D eigenvalue weighted by Gasteiger charge is 2.21. The predicted octanol–water partition coefficient (Wildman–Crippen LogP) is 2.33. The molecule has 0 saturated heterocycles. The van der Waals surface area contributed by atoms with E-state index in [2.05, 4.69) is 29.1 Å². The molecule has 0 amide bonds. The maximum atomic E-state index is 4.71. The van der Waals surface area contributed by atoms with Gasteiger partial charge in [0, 0.05) is 24.8 Å². The van der Waals surface area contributed by atoms with Crippen LogP contribution in [0.2, 0.25) is 0 Å². The zero-order chi connectivity index (χ0) is 11.8. The van der Waals surface area contributed by atoms with E-state index in [1.165, 1.54) is 11.3 Å². The standard InChI is InChI=1S/C12H14N4S/c1-7(2)11-8-3-13-4-9(8)15-12(16-11)10-5-14-6-17-10/h5-7,13H,3-4H2,1-2H3. The van der Waals surface area contributed by atoms with E-state index in [1.54, 1.807) is 11.3 Å². The lowest BCUT2D eigenvalue weighted by Gasteiger charge is -2.11. The fourth-order valence-electron chi connectivity index (χ4n) is 2.11. The van der Waals surface area contributed by atoms with E-state index in [0.717, 1.165) is 29.5 Å². The average Bonchev–Trinajstić information content (AvgIpc) is 2.98. The topological polar surface area (TPSA) is 50.7 Å². The van der Waals surface area contributed by atoms with Gasteiger partial charge in [0.1, 0.15) is 0 Å². The average molecular weight is 246 g/mol. The van der Waals surface area contributed by atoms with Gasteiger partial charge in [0.15, 0.2) is 5.82 Å². The summed E-state index contributed by atoms with van der Waals surface area (Å²) < 4.78 is 0. The van der Waals surface area contributed by atoms with Gasteiger partial charge in [0.05, 0.1) is 21.8 Å². The maximum Gasteiger partial charge on any atom is 0.171 e. The normalized spacial score (nSPS) is 14.3. The number of hydrogen-bond acceptors (Lipinski definition) is 5. The van der Waals surface area contributed by atoms with Gasteiger partial charge in [0.25, 0.3) is 0 Å². The third kappa shape index (κ3) is 1.85. The van der Waals surface area contributed by atoms with E-state index in [1.807, 2.05) is 11.7 Å². The fraction of sp³-hybridized carbons (Fsp3) is 0.417. The van der Waals surface area contributed by atoms with Crippen molar-refractivity contribution in [1.82, 2.24) is 20.3 Å². The molecule has 3 heterocycles. The summed E-state index contributed by atoms with van der Waals surface area (Å²) in [6.45, 7) is 6.10. The molecule has 0 atom stereocenters. The summed E-state index contributed by atoms with van der Waals surface area (Å²) in [6, 6.07) is 0. The second kappa shape index (κ2) is 4.16. The number of nitrogens with one attached hydrogen (secondary N) is 1. The van der Waals surface area contributed by atoms with Gasteiger partial charge in [-0.1, -0.05) is 13.8 Å². The second-order valence-corrected chi connectivity index (χ2v) is 5.37. The first-order valence-corrected chi connectivity index (χ1v) is 6.63. The first kappa shape index (κ1) is 10.8. The predicted molar refractivity (Wildman–Crippen MR) is 67.8 cm³/mol. The molecule has 0 saturated carbocycles. The summed E-state index contributed by atoms with van der Waals surface area (Å²) in [5, 5.41) is 3.34. The first-order valence-electron chi connectivity index (χ1n) is 5.75. The third-order valence-electron chi connectivity index (χ3n) is 2.92. The van der Waals surface area contributed by atoms with Gasteiger partial charge in [-0.05, 0) is 5.92 Å². The fourth-order valence-corrected chi connectivity index (χ4v) is 2.66. The molecule has 0 aliphatic carbocycles. The minimum atomic E-state index is 0.429. The summed E-state index contributed by atoms with van der Waals surface area (Å²) in [5.41, 5.74) is 5.42. The minimum absolute atomic E-state index is 0.429. The largest absolute Gasteiger partial charge is 0.307 e. The highest BCUT2D eigenvalue weighted by Crippen LogP contribution is 2.27. The second-order valence-electron chi connectivity index (χ2n) is 4.48. The van der Waals surface area contributed by atoms with Crippen LogP contribution in [-0.4, -0.2) is 15.0 Å². The molecule has 88 valence electrons.